The lowest BCUT2D eigenvalue weighted by Crippen LogP contribution is -2.44. The van der Waals surface area contributed by atoms with Gasteiger partial charge < -0.3 is 59.8 Å². The molecule has 0 bridgehead atoms. The van der Waals surface area contributed by atoms with E-state index in [1.54, 1.807) is 115 Å². The van der Waals surface area contributed by atoms with E-state index < -0.39 is 47.4 Å². The molecule has 27 heteroatoms. The van der Waals surface area contributed by atoms with E-state index in [0.29, 0.717) is 103 Å². The van der Waals surface area contributed by atoms with Gasteiger partial charge in [0, 0.05) is 146 Å². The molecule has 4 aromatic heterocycles. The Morgan fingerprint density at radius 2 is 1.47 bits per heavy atom. The van der Waals surface area contributed by atoms with Crippen molar-refractivity contribution >= 4 is 105 Å². The van der Waals surface area contributed by atoms with Crippen molar-refractivity contribution < 1.29 is 67.0 Å². The number of imidazole rings is 1. The number of imide groups is 1. The minimum atomic E-state index is -0.947. The number of carbonyl (C=O) groups excluding carboxylic acids is 11. The van der Waals surface area contributed by atoms with E-state index in [-0.39, 0.29) is 136 Å². The molecule has 3 aromatic carbocycles. The number of nitrogens with one attached hydrogen (secondary N) is 4. The quantitative estimate of drug-likeness (QED) is 0.0109. The summed E-state index contributed by atoms with van der Waals surface area (Å²) in [5.74, 6) is -3.64. The Balaban J connectivity index is 0.674. The molecule has 10 rings (SSSR count). The minimum Gasteiger partial charge on any atom is -0.493 e. The van der Waals surface area contributed by atoms with Crippen molar-refractivity contribution in [1.82, 2.24) is 38.4 Å². The van der Waals surface area contributed by atoms with E-state index in [1.165, 1.54) is 21.3 Å². The van der Waals surface area contributed by atoms with Crippen LogP contribution in [-0.4, -0.2) is 169 Å². The number of nitrogens with zero attached hydrogens (tertiary/aromatic N) is 8. The number of amides is 7. The lowest BCUT2D eigenvalue weighted by molar-refractivity contribution is -0.137. The number of ether oxygens (including phenoxy) is 3. The average molecular weight is 1390 g/mol. The lowest BCUT2D eigenvalue weighted by Gasteiger charge is -2.22. The van der Waals surface area contributed by atoms with E-state index in [4.69, 9.17) is 19.9 Å². The molecule has 3 aliphatic heterocycles. The normalized spacial score (nSPS) is 14.6. The third kappa shape index (κ3) is 19.1. The van der Waals surface area contributed by atoms with Crippen LogP contribution in [0.15, 0.2) is 133 Å². The van der Waals surface area contributed by atoms with Crippen molar-refractivity contribution in [3.63, 3.8) is 0 Å². The summed E-state index contributed by atoms with van der Waals surface area (Å²) < 4.78 is 23.4. The third-order valence-corrected chi connectivity index (χ3v) is 17.9. The second kappa shape index (κ2) is 34.4. The summed E-state index contributed by atoms with van der Waals surface area (Å²) in [4.78, 5) is 157. The average Bonchev–Trinajstić information content (AvgIpc) is 1.62. The van der Waals surface area contributed by atoms with Gasteiger partial charge in [0.25, 0.3) is 29.5 Å². The SMILES string of the molecule is C=C1C[C@H]2C=Nc3cc(OCCCC(=O)Nc4cn(C)c(C(=O)Cc5cc(C(=O)Nc6cc(C(=O)n7ccc8cc(NC(=O)[C@H](CCCCN)CC(=O)[C@H](Cc9ccccc9)NC(=O)CCOCCOCCCC(=O)CCN9C(=O)C=CC9=O)ccc87)n(C)c6)n(C)c5)n4)c(C)cc3C(=O)N2C1. The van der Waals surface area contributed by atoms with Gasteiger partial charge in [0.2, 0.25) is 23.5 Å². The maximum absolute atomic E-state index is 14.3. The zero-order valence-corrected chi connectivity index (χ0v) is 57.7. The van der Waals surface area contributed by atoms with Gasteiger partial charge in [-0.25, -0.2) is 4.98 Å². The monoisotopic (exact) mass is 1390 g/mol. The Bertz CT molecular complexity index is 4400. The van der Waals surface area contributed by atoms with Crippen molar-refractivity contribution in [2.75, 3.05) is 68.6 Å². The number of aliphatic imine (C=N–C) groups is 1. The number of Topliss-reactive ketones (excluding diaryl/α,β-unsaturated/α-hetero) is 3. The first-order chi connectivity index (χ1) is 49.1. The van der Waals surface area contributed by atoms with Crippen LogP contribution in [0.5, 0.6) is 5.75 Å². The first-order valence-electron chi connectivity index (χ1n) is 34.1. The largest absolute Gasteiger partial charge is 0.493 e. The van der Waals surface area contributed by atoms with Crippen molar-refractivity contribution in [3.05, 3.63) is 167 Å². The molecule has 0 radical (unpaired) electrons. The van der Waals surface area contributed by atoms with Crippen LogP contribution in [-0.2, 0) is 77.0 Å². The Morgan fingerprint density at radius 3 is 2.25 bits per heavy atom. The summed E-state index contributed by atoms with van der Waals surface area (Å²) in [6.45, 7) is 7.81. The number of nitrogens with two attached hydrogens (primary N) is 1. The number of ketones is 3. The van der Waals surface area contributed by atoms with Crippen molar-refractivity contribution in [1.29, 1.82) is 0 Å². The van der Waals surface area contributed by atoms with Crippen LogP contribution in [0.4, 0.5) is 22.9 Å². The number of carbonyl (C=O) groups is 11. The molecule has 534 valence electrons. The van der Waals surface area contributed by atoms with E-state index in [0.717, 1.165) is 21.6 Å². The molecule has 7 amide bonds. The van der Waals surface area contributed by atoms with Crippen molar-refractivity contribution in [3.8, 4) is 5.75 Å². The number of rotatable bonds is 37. The van der Waals surface area contributed by atoms with Gasteiger partial charge in [0.15, 0.2) is 17.4 Å². The molecule has 27 nitrogen and oxygen atoms in total. The fourth-order valence-electron chi connectivity index (χ4n) is 12.5. The van der Waals surface area contributed by atoms with E-state index in [2.05, 4.69) is 37.8 Å². The standard InChI is InChI=1S/C75H85N13O14/c1-47-33-55-42-77-58-41-65(48(2)34-57(58)74(98)88(55)43-47)102-29-12-17-67(92)81-66-46-85(5)71(82-66)64(91)37-50-36-61(83(3)44-50)73(97)79-54-40-62(84(4)45-54)75(99)86-26-22-51-38-53(18-19-60(51)86)78-72(96)52(15-9-10-25-76)39-63(90)59(35-49-13-7-6-8-14-49)80-68(93)24-30-101-32-31-100-28-11-16-56(89)23-27-87-69(94)20-21-70(87)95/h6-8,13-14,18-22,26,34,36,38,40-42,44-46,52,55,59H,1,9-12,15-17,23-25,27-33,35,37,39,43,76H2,2-5H3,(H,78,96)(H,79,97)(H,80,93)(H,81,92)/t52-,55+,59+/m1/s1. The second-order valence-corrected chi connectivity index (χ2v) is 25.8. The molecule has 7 heterocycles. The molecule has 0 unspecified atom stereocenters. The van der Waals surface area contributed by atoms with Crippen LogP contribution in [0.2, 0.25) is 0 Å². The van der Waals surface area contributed by atoms with Crippen molar-refractivity contribution in [2.24, 2.45) is 37.8 Å². The number of aromatic nitrogens is 5. The maximum Gasteiger partial charge on any atom is 0.279 e. The Hall–Kier alpha value is -11.0. The lowest BCUT2D eigenvalue weighted by atomic mass is 9.90. The zero-order valence-electron chi connectivity index (χ0n) is 57.7. The summed E-state index contributed by atoms with van der Waals surface area (Å²) in [5, 5.41) is 12.1. The van der Waals surface area contributed by atoms with Gasteiger partial charge in [0.05, 0.1) is 61.0 Å². The number of benzene rings is 3. The van der Waals surface area contributed by atoms with Gasteiger partial charge >= 0.3 is 0 Å². The smallest absolute Gasteiger partial charge is 0.279 e. The molecule has 7 aromatic rings. The fourth-order valence-corrected chi connectivity index (χ4v) is 12.5. The Morgan fingerprint density at radius 1 is 0.716 bits per heavy atom. The highest BCUT2D eigenvalue weighted by atomic mass is 16.5. The Kier molecular flexibility index (Phi) is 24.8. The molecule has 3 aliphatic rings. The van der Waals surface area contributed by atoms with Crippen LogP contribution in [0, 0.1) is 12.8 Å². The molecule has 0 saturated carbocycles. The summed E-state index contributed by atoms with van der Waals surface area (Å²) in [6.07, 6.45) is 13.9. The molecular formula is C75H85N13O14. The van der Waals surface area contributed by atoms with Gasteiger partial charge in [-0.05, 0) is 111 Å². The highest BCUT2D eigenvalue weighted by molar-refractivity contribution is 6.13. The zero-order chi connectivity index (χ0) is 72.6. The van der Waals surface area contributed by atoms with E-state index >= 15 is 0 Å². The number of hydrogen-bond donors (Lipinski definition) is 5. The second-order valence-electron chi connectivity index (χ2n) is 25.8. The molecule has 1 fully saturated rings. The number of hydrogen-bond acceptors (Lipinski definition) is 17. The van der Waals surface area contributed by atoms with Gasteiger partial charge in [-0.1, -0.05) is 48.9 Å². The van der Waals surface area contributed by atoms with Crippen LogP contribution in [0.1, 0.15) is 129 Å². The highest BCUT2D eigenvalue weighted by Crippen LogP contribution is 2.35. The Labute approximate surface area is 589 Å². The summed E-state index contributed by atoms with van der Waals surface area (Å²) in [6, 6.07) is 21.7. The number of anilines is 3. The highest BCUT2D eigenvalue weighted by Gasteiger charge is 2.35. The maximum atomic E-state index is 14.3. The summed E-state index contributed by atoms with van der Waals surface area (Å²) >= 11 is 0. The number of fused-ring (bicyclic) bond motifs is 3. The summed E-state index contributed by atoms with van der Waals surface area (Å²) in [7, 11) is 5.00. The predicted molar refractivity (Wildman–Crippen MR) is 381 cm³/mol. The van der Waals surface area contributed by atoms with Crippen LogP contribution in [0.25, 0.3) is 10.9 Å². The molecular weight excluding hydrogens is 1310 g/mol. The summed E-state index contributed by atoms with van der Waals surface area (Å²) in [5.41, 5.74) is 11.8. The molecule has 3 atom stereocenters. The van der Waals surface area contributed by atoms with Gasteiger partial charge in [-0.15, -0.1) is 0 Å². The third-order valence-electron chi connectivity index (χ3n) is 17.9. The van der Waals surface area contributed by atoms with E-state index in [1.807, 2.05) is 37.3 Å². The molecule has 1 saturated heterocycles. The molecule has 0 spiro atoms. The first-order valence-corrected chi connectivity index (χ1v) is 34.1. The van der Waals surface area contributed by atoms with Crippen molar-refractivity contribution in [2.45, 2.75) is 102 Å². The van der Waals surface area contributed by atoms with Crippen LogP contribution in [0.3, 0.4) is 0 Å². The topological polar surface area (TPSA) is 341 Å². The van der Waals surface area contributed by atoms with Gasteiger partial charge in [-0.3, -0.25) is 67.2 Å². The molecule has 6 N–H and O–H groups in total. The van der Waals surface area contributed by atoms with Gasteiger partial charge in [0.1, 0.15) is 22.9 Å². The van der Waals surface area contributed by atoms with E-state index in [9.17, 15) is 52.7 Å². The fraction of sp³-hybridized carbons (Fsp3) is 0.373. The van der Waals surface area contributed by atoms with Gasteiger partial charge in [-0.2, -0.15) is 0 Å². The molecule has 102 heavy (non-hydrogen) atoms. The number of unbranched alkanes of at least 4 members (excludes halogenated alkanes) is 1. The van der Waals surface area contributed by atoms with Crippen LogP contribution < -0.4 is 31.7 Å². The number of aryl methyl sites for hydroxylation is 4. The minimum absolute atomic E-state index is 0.0414. The predicted octanol–water partition coefficient (Wildman–Crippen LogP) is 7.47. The van der Waals surface area contributed by atoms with Crippen LogP contribution >= 0.6 is 0 Å². The first kappa shape index (κ1) is 73.7. The molecule has 0 aliphatic carbocycles.